The van der Waals surface area contributed by atoms with Gasteiger partial charge in [0.1, 0.15) is 22.3 Å². The van der Waals surface area contributed by atoms with Crippen molar-refractivity contribution in [1.29, 1.82) is 10.8 Å². The minimum atomic E-state index is -2.93. The molecular formula is C26H21F2N7O4S. The first-order valence-corrected chi connectivity index (χ1v) is 12.4. The number of thioether (sulfide) groups is 1. The van der Waals surface area contributed by atoms with Crippen LogP contribution in [0.1, 0.15) is 45.7 Å². The van der Waals surface area contributed by atoms with Crippen LogP contribution in [0.4, 0.5) is 8.78 Å². The fourth-order valence-electron chi connectivity index (χ4n) is 3.47. The number of methoxy groups -OCH3 is 1. The highest BCUT2D eigenvalue weighted by Gasteiger charge is 2.23. The smallest absolute Gasteiger partial charge is 0.280 e. The minimum Gasteiger partial charge on any atom is -0.494 e. The standard InChI is InChI=1S/C26H21F2N7O4S/c1-39-19-12-32-18(23(27)28)9-16(19)15-10-21(35-7-6-14(24(30)37)8-22(35)36)33-11-17(15)25(38)34-26(31)40-20(29)5-4-13-2-3-13/h6-13,23,29H,2-3H2,1H3,(H2,30,37)(H2,31,34,38). The highest BCUT2D eigenvalue weighted by Crippen LogP contribution is 2.35. The molecule has 0 saturated heterocycles. The van der Waals surface area contributed by atoms with Crippen LogP contribution in [0, 0.1) is 28.6 Å². The van der Waals surface area contributed by atoms with Gasteiger partial charge in [-0.25, -0.2) is 13.8 Å². The number of carbonyl (C=O) groups excluding carboxylic acids is 2. The van der Waals surface area contributed by atoms with E-state index in [-0.39, 0.29) is 50.0 Å². The van der Waals surface area contributed by atoms with E-state index in [4.69, 9.17) is 21.3 Å². The van der Waals surface area contributed by atoms with E-state index in [2.05, 4.69) is 27.1 Å². The van der Waals surface area contributed by atoms with Crippen LogP contribution in [-0.4, -0.2) is 43.7 Å². The van der Waals surface area contributed by atoms with Crippen LogP contribution >= 0.6 is 11.8 Å². The molecule has 1 fully saturated rings. The Hall–Kier alpha value is -4.90. The van der Waals surface area contributed by atoms with Gasteiger partial charge >= 0.3 is 0 Å². The topological polar surface area (TPSA) is 177 Å². The number of hydrogen-bond donors (Lipinski definition) is 4. The Bertz CT molecular complexity index is 1660. The normalized spacial score (nSPS) is 12.3. The number of amides is 2. The zero-order valence-corrected chi connectivity index (χ0v) is 21.6. The van der Waals surface area contributed by atoms with Gasteiger partial charge in [0.2, 0.25) is 5.91 Å². The molecule has 204 valence electrons. The van der Waals surface area contributed by atoms with Crippen molar-refractivity contribution in [3.8, 4) is 34.5 Å². The van der Waals surface area contributed by atoms with Crippen LogP contribution in [0.3, 0.4) is 0 Å². The van der Waals surface area contributed by atoms with Gasteiger partial charge in [0, 0.05) is 41.1 Å². The van der Waals surface area contributed by atoms with Gasteiger partial charge in [-0.2, -0.15) is 0 Å². The monoisotopic (exact) mass is 565 g/mol. The van der Waals surface area contributed by atoms with Crippen molar-refractivity contribution in [2.24, 2.45) is 11.7 Å². The zero-order valence-electron chi connectivity index (χ0n) is 20.8. The van der Waals surface area contributed by atoms with Gasteiger partial charge in [-0.1, -0.05) is 5.92 Å². The summed E-state index contributed by atoms with van der Waals surface area (Å²) in [4.78, 5) is 45.2. The van der Waals surface area contributed by atoms with Crippen LogP contribution < -0.4 is 21.3 Å². The minimum absolute atomic E-state index is 0.00777. The molecule has 0 spiro atoms. The van der Waals surface area contributed by atoms with E-state index in [0.717, 1.165) is 41.9 Å². The average Bonchev–Trinajstić information content (AvgIpc) is 3.75. The Balaban J connectivity index is 1.76. The van der Waals surface area contributed by atoms with E-state index in [9.17, 15) is 23.2 Å². The van der Waals surface area contributed by atoms with Gasteiger partial charge in [0.25, 0.3) is 17.9 Å². The molecule has 0 radical (unpaired) electrons. The van der Waals surface area contributed by atoms with Crippen molar-refractivity contribution in [3.05, 3.63) is 70.0 Å². The summed E-state index contributed by atoms with van der Waals surface area (Å²) < 4.78 is 33.4. The molecule has 1 aliphatic rings. The first kappa shape index (κ1) is 28.1. The largest absolute Gasteiger partial charge is 0.494 e. The highest BCUT2D eigenvalue weighted by atomic mass is 32.2. The number of amidine groups is 1. The second-order valence-electron chi connectivity index (χ2n) is 8.44. The Morgan fingerprint density at radius 2 is 1.95 bits per heavy atom. The number of primary amides is 1. The van der Waals surface area contributed by atoms with Crippen LogP contribution in [0.5, 0.6) is 5.75 Å². The number of ether oxygens (including phenoxy) is 1. The molecule has 0 aliphatic heterocycles. The maximum absolute atomic E-state index is 13.5. The number of halogens is 2. The predicted molar refractivity (Wildman–Crippen MR) is 144 cm³/mol. The molecule has 40 heavy (non-hydrogen) atoms. The molecule has 1 saturated carbocycles. The predicted octanol–water partition coefficient (Wildman–Crippen LogP) is 3.13. The number of aromatic nitrogens is 3. The van der Waals surface area contributed by atoms with Crippen LogP contribution in [0.15, 0.2) is 47.7 Å². The van der Waals surface area contributed by atoms with E-state index in [1.807, 2.05) is 0 Å². The Morgan fingerprint density at radius 1 is 1.20 bits per heavy atom. The van der Waals surface area contributed by atoms with Gasteiger partial charge in [0.15, 0.2) is 5.17 Å². The Labute approximate surface area is 230 Å². The molecule has 2 amide bonds. The zero-order chi connectivity index (χ0) is 29.0. The van der Waals surface area contributed by atoms with Gasteiger partial charge in [-0.3, -0.25) is 34.8 Å². The van der Waals surface area contributed by atoms with Crippen LogP contribution in [0.25, 0.3) is 16.9 Å². The molecule has 0 bridgehead atoms. The molecule has 3 heterocycles. The third-order valence-electron chi connectivity index (χ3n) is 5.61. The van der Waals surface area contributed by atoms with Gasteiger partial charge in [-0.15, -0.1) is 0 Å². The second-order valence-corrected chi connectivity index (χ2v) is 9.46. The lowest BCUT2D eigenvalue weighted by Crippen LogP contribution is -2.29. The molecule has 11 nitrogen and oxygen atoms in total. The van der Waals surface area contributed by atoms with Crippen molar-refractivity contribution in [2.75, 3.05) is 7.11 Å². The molecule has 0 aromatic carbocycles. The maximum atomic E-state index is 13.5. The molecule has 0 atom stereocenters. The summed E-state index contributed by atoms with van der Waals surface area (Å²) in [6.07, 6.45) is 2.44. The SMILES string of the molecule is COc1cnc(C(F)F)cc1-c1cc(-n2ccc(C(N)=O)cc2=O)ncc1C(=O)NC(=N)SC(=N)C#CC1CC1. The third-order valence-corrected chi connectivity index (χ3v) is 6.22. The summed E-state index contributed by atoms with van der Waals surface area (Å²) in [7, 11) is 1.29. The summed E-state index contributed by atoms with van der Waals surface area (Å²) in [5.74, 6) is 4.19. The fourth-order valence-corrected chi connectivity index (χ4v) is 3.93. The third kappa shape index (κ3) is 6.56. The van der Waals surface area contributed by atoms with Crippen molar-refractivity contribution in [3.63, 3.8) is 0 Å². The molecular weight excluding hydrogens is 544 g/mol. The van der Waals surface area contributed by atoms with Crippen LogP contribution in [0.2, 0.25) is 0 Å². The second kappa shape index (κ2) is 11.9. The maximum Gasteiger partial charge on any atom is 0.280 e. The van der Waals surface area contributed by atoms with Crippen molar-refractivity contribution < 1.29 is 23.1 Å². The fraction of sp³-hybridized carbons (Fsp3) is 0.192. The molecule has 5 N–H and O–H groups in total. The molecule has 0 unspecified atom stereocenters. The van der Waals surface area contributed by atoms with Crippen LogP contribution in [-0.2, 0) is 0 Å². The number of pyridine rings is 3. The van der Waals surface area contributed by atoms with E-state index in [1.54, 1.807) is 0 Å². The summed E-state index contributed by atoms with van der Waals surface area (Å²) in [5.41, 5.74) is 3.89. The van der Waals surface area contributed by atoms with Gasteiger partial charge in [0.05, 0.1) is 18.9 Å². The van der Waals surface area contributed by atoms with E-state index in [1.165, 1.54) is 25.4 Å². The quantitative estimate of drug-likeness (QED) is 0.202. The van der Waals surface area contributed by atoms with E-state index < -0.39 is 29.5 Å². The molecule has 14 heteroatoms. The first-order chi connectivity index (χ1) is 19.1. The lowest BCUT2D eigenvalue weighted by molar-refractivity contribution is 0.0975. The van der Waals surface area contributed by atoms with Crippen molar-refractivity contribution in [2.45, 2.75) is 19.3 Å². The Morgan fingerprint density at radius 3 is 2.58 bits per heavy atom. The molecule has 3 aromatic heterocycles. The van der Waals surface area contributed by atoms with Crippen molar-refractivity contribution >= 4 is 33.8 Å². The summed E-state index contributed by atoms with van der Waals surface area (Å²) in [6.45, 7) is 0. The average molecular weight is 566 g/mol. The number of nitrogens with two attached hydrogens (primary N) is 1. The first-order valence-electron chi connectivity index (χ1n) is 11.6. The number of hydrogen-bond acceptors (Lipinski definition) is 9. The highest BCUT2D eigenvalue weighted by molar-refractivity contribution is 8.26. The van der Waals surface area contributed by atoms with Crippen molar-refractivity contribution in [1.82, 2.24) is 19.9 Å². The summed E-state index contributed by atoms with van der Waals surface area (Å²) in [6, 6.07) is 4.65. The molecule has 1 aliphatic carbocycles. The van der Waals surface area contributed by atoms with E-state index in [0.29, 0.717) is 11.8 Å². The molecule has 3 aromatic rings. The lowest BCUT2D eigenvalue weighted by atomic mass is 10.00. The Kier molecular flexibility index (Phi) is 8.34. The summed E-state index contributed by atoms with van der Waals surface area (Å²) >= 11 is 0.637. The van der Waals surface area contributed by atoms with Gasteiger partial charge < -0.3 is 15.8 Å². The lowest BCUT2D eigenvalue weighted by Gasteiger charge is -2.16. The number of carbonyl (C=O) groups is 2. The number of nitrogens with zero attached hydrogens (tertiary/aromatic N) is 3. The van der Waals surface area contributed by atoms with Gasteiger partial charge in [-0.05, 0) is 48.7 Å². The number of nitrogens with one attached hydrogen (secondary N) is 3. The summed E-state index contributed by atoms with van der Waals surface area (Å²) in [5, 5.41) is 17.8. The van der Waals surface area contributed by atoms with E-state index >= 15 is 0 Å². The number of rotatable bonds is 6. The number of alkyl halides is 2. The molecule has 4 rings (SSSR count).